The van der Waals surface area contributed by atoms with E-state index in [1.54, 1.807) is 12.1 Å². The van der Waals surface area contributed by atoms with Crippen LogP contribution in [0, 0.1) is 0 Å². The van der Waals surface area contributed by atoms with E-state index in [0.717, 1.165) is 21.7 Å². The van der Waals surface area contributed by atoms with Crippen molar-refractivity contribution in [2.75, 3.05) is 5.32 Å². The summed E-state index contributed by atoms with van der Waals surface area (Å²) in [6.45, 7) is 3.98. The molecule has 0 spiro atoms. The summed E-state index contributed by atoms with van der Waals surface area (Å²) >= 11 is 1.51. The van der Waals surface area contributed by atoms with Gasteiger partial charge in [0.1, 0.15) is 0 Å². The van der Waals surface area contributed by atoms with Gasteiger partial charge in [0.2, 0.25) is 0 Å². The Hall–Kier alpha value is -3.26. The molecule has 6 nitrogen and oxygen atoms in total. The van der Waals surface area contributed by atoms with Gasteiger partial charge in [0.25, 0.3) is 5.91 Å². The zero-order chi connectivity index (χ0) is 22.3. The van der Waals surface area contributed by atoms with Crippen LogP contribution in [0.5, 0.6) is 0 Å². The van der Waals surface area contributed by atoms with E-state index in [1.807, 2.05) is 56.3 Å². The maximum atomic E-state index is 12.3. The van der Waals surface area contributed by atoms with Crippen LogP contribution in [0.25, 0.3) is 11.1 Å². The van der Waals surface area contributed by atoms with Crippen LogP contribution >= 0.6 is 11.9 Å². The van der Waals surface area contributed by atoms with Gasteiger partial charge in [-0.2, -0.15) is 0 Å². The van der Waals surface area contributed by atoms with Crippen molar-refractivity contribution in [3.05, 3.63) is 96.3 Å². The van der Waals surface area contributed by atoms with Crippen molar-refractivity contribution >= 4 is 23.5 Å². The van der Waals surface area contributed by atoms with E-state index in [-0.39, 0.29) is 5.91 Å². The molecule has 0 fully saturated rings. The van der Waals surface area contributed by atoms with Crippen molar-refractivity contribution in [3.63, 3.8) is 0 Å². The third-order valence-electron chi connectivity index (χ3n) is 4.79. The molecular formula is C24H27N5OS. The molecule has 1 amide bonds. The van der Waals surface area contributed by atoms with Gasteiger partial charge in [0, 0.05) is 22.3 Å². The highest BCUT2D eigenvalue weighted by molar-refractivity contribution is 7.97. The van der Waals surface area contributed by atoms with Crippen LogP contribution in [0.15, 0.2) is 95.7 Å². The number of hydrogen-bond acceptors (Lipinski definition) is 6. The monoisotopic (exact) mass is 433 g/mol. The minimum Gasteiger partial charge on any atom is -0.403 e. The van der Waals surface area contributed by atoms with Crippen molar-refractivity contribution in [2.45, 2.75) is 24.3 Å². The first kappa shape index (κ1) is 22.4. The third-order valence-corrected chi connectivity index (χ3v) is 5.91. The Labute approximate surface area is 187 Å². The topological polar surface area (TPSA) is 105 Å². The van der Waals surface area contributed by atoms with Crippen molar-refractivity contribution in [3.8, 4) is 11.1 Å². The molecule has 160 valence electrons. The molecule has 0 unspecified atom stereocenters. The molecule has 0 saturated carbocycles. The summed E-state index contributed by atoms with van der Waals surface area (Å²) in [5.74, 6) is 5.40. The normalized spacial score (nSPS) is 11.8. The maximum Gasteiger partial charge on any atom is 0.255 e. The molecule has 0 aliphatic carbocycles. The van der Waals surface area contributed by atoms with Crippen LogP contribution in [0.4, 0.5) is 5.69 Å². The summed E-state index contributed by atoms with van der Waals surface area (Å²) < 4.78 is 3.36. The lowest BCUT2D eigenvalue weighted by Gasteiger charge is -2.28. The number of hydrazine groups is 1. The van der Waals surface area contributed by atoms with Gasteiger partial charge < -0.3 is 16.5 Å². The largest absolute Gasteiger partial charge is 0.403 e. The molecule has 7 N–H and O–H groups in total. The summed E-state index contributed by atoms with van der Waals surface area (Å²) in [5, 5.41) is 2.92. The zero-order valence-electron chi connectivity index (χ0n) is 17.6. The van der Waals surface area contributed by atoms with Gasteiger partial charge in [0.15, 0.2) is 0 Å². The maximum absolute atomic E-state index is 12.3. The second-order valence-corrected chi connectivity index (χ2v) is 8.36. The van der Waals surface area contributed by atoms with Gasteiger partial charge in [-0.3, -0.25) is 10.6 Å². The molecule has 7 heteroatoms. The highest BCUT2D eigenvalue weighted by Crippen LogP contribution is 2.26. The molecule has 3 aromatic carbocycles. The Morgan fingerprint density at radius 2 is 1.48 bits per heavy atom. The average Bonchev–Trinajstić information content (AvgIpc) is 2.80. The Balaban J connectivity index is 1.61. The summed E-state index contributed by atoms with van der Waals surface area (Å²) in [6, 6.07) is 25.2. The Kier molecular flexibility index (Phi) is 7.36. The van der Waals surface area contributed by atoms with E-state index in [2.05, 4.69) is 39.7 Å². The number of anilines is 1. The number of rotatable bonds is 8. The van der Waals surface area contributed by atoms with E-state index in [4.69, 9.17) is 11.6 Å². The number of hydrogen-bond donors (Lipinski definition) is 5. The van der Waals surface area contributed by atoms with Crippen molar-refractivity contribution in [2.24, 2.45) is 11.6 Å². The highest BCUT2D eigenvalue weighted by atomic mass is 32.2. The fourth-order valence-corrected chi connectivity index (χ4v) is 3.69. The van der Waals surface area contributed by atoms with E-state index < -0.39 is 5.54 Å². The molecule has 3 rings (SSSR count). The molecule has 31 heavy (non-hydrogen) atoms. The van der Waals surface area contributed by atoms with Crippen molar-refractivity contribution in [1.29, 1.82) is 0 Å². The van der Waals surface area contributed by atoms with E-state index in [1.165, 1.54) is 18.1 Å². The summed E-state index contributed by atoms with van der Waals surface area (Å²) in [4.78, 5) is 13.3. The van der Waals surface area contributed by atoms with Crippen LogP contribution < -0.4 is 27.0 Å². The molecule has 0 aromatic heterocycles. The molecule has 0 heterocycles. The lowest BCUT2D eigenvalue weighted by Crippen LogP contribution is -2.44. The number of carbonyl (C=O) groups is 1. The molecular weight excluding hydrogens is 406 g/mol. The van der Waals surface area contributed by atoms with Gasteiger partial charge in [-0.25, -0.2) is 4.72 Å². The van der Waals surface area contributed by atoms with E-state index in [0.29, 0.717) is 11.3 Å². The second kappa shape index (κ2) is 10.2. The number of nitrogens with two attached hydrogens (primary N) is 2. The summed E-state index contributed by atoms with van der Waals surface area (Å²) in [6.07, 6.45) is 1.46. The smallest absolute Gasteiger partial charge is 0.255 e. The van der Waals surface area contributed by atoms with Gasteiger partial charge in [-0.15, -0.1) is 0 Å². The van der Waals surface area contributed by atoms with Gasteiger partial charge in [-0.1, -0.05) is 42.5 Å². The van der Waals surface area contributed by atoms with Crippen LogP contribution in [0.3, 0.4) is 0 Å². The first-order valence-electron chi connectivity index (χ1n) is 9.83. The Bertz CT molecular complexity index is 1030. The van der Waals surface area contributed by atoms with Crippen molar-refractivity contribution in [1.82, 2.24) is 10.1 Å². The quantitative estimate of drug-likeness (QED) is 0.207. The van der Waals surface area contributed by atoms with Crippen LogP contribution in [-0.2, 0) is 0 Å². The summed E-state index contributed by atoms with van der Waals surface area (Å²) in [5.41, 5.74) is 12.1. The predicted molar refractivity (Wildman–Crippen MR) is 129 cm³/mol. The fraction of sp³-hybridized carbons (Fsp3) is 0.125. The van der Waals surface area contributed by atoms with Gasteiger partial charge in [0.05, 0.1) is 11.2 Å². The first-order chi connectivity index (χ1) is 14.9. The minimum atomic E-state index is -0.410. The second-order valence-electron chi connectivity index (χ2n) is 7.48. The Morgan fingerprint density at radius 3 is 2.03 bits per heavy atom. The number of carbonyl (C=O) groups excluding carboxylic acids is 1. The predicted octanol–water partition coefficient (Wildman–Crippen LogP) is 4.24. The van der Waals surface area contributed by atoms with Crippen LogP contribution in [-0.4, -0.2) is 11.4 Å². The van der Waals surface area contributed by atoms with Crippen molar-refractivity contribution < 1.29 is 4.79 Å². The van der Waals surface area contributed by atoms with Crippen LogP contribution in [0.2, 0.25) is 0 Å². The van der Waals surface area contributed by atoms with Gasteiger partial charge >= 0.3 is 0 Å². The van der Waals surface area contributed by atoms with Crippen LogP contribution in [0.1, 0.15) is 24.2 Å². The average molecular weight is 434 g/mol. The molecule has 0 aliphatic rings. The number of nitrogens with one attached hydrogen (secondary N) is 3. The highest BCUT2D eigenvalue weighted by Gasteiger charge is 2.22. The minimum absolute atomic E-state index is 0.123. The van der Waals surface area contributed by atoms with E-state index >= 15 is 0 Å². The molecule has 0 bridgehead atoms. The zero-order valence-corrected chi connectivity index (χ0v) is 18.4. The lowest BCUT2D eigenvalue weighted by atomic mass is 10.0. The fourth-order valence-electron chi connectivity index (χ4n) is 2.93. The third kappa shape index (κ3) is 5.88. The number of amides is 1. The van der Waals surface area contributed by atoms with Gasteiger partial charge in [-0.05, 0) is 73.3 Å². The summed E-state index contributed by atoms with van der Waals surface area (Å²) in [7, 11) is 0. The molecule has 3 aromatic rings. The first-order valence-corrected chi connectivity index (χ1v) is 10.6. The standard InChI is InChI=1S/C24H27N5OS/c1-24(2,22(16-25)28-26)29-31-21-14-10-18(11-15-21)17-8-12-20(13-9-17)27-23(30)19-6-4-3-5-7-19/h3-16,28-29H,25-26H2,1-2H3,(H,27,30)/b22-16-. The molecule has 0 saturated heterocycles. The molecule has 0 atom stereocenters. The molecule has 0 radical (unpaired) electrons. The van der Waals surface area contributed by atoms with E-state index in [9.17, 15) is 4.79 Å². The number of benzene rings is 3. The molecule has 0 aliphatic heterocycles. The SMILES string of the molecule is CC(C)(NSc1ccc(-c2ccc(NC(=O)c3ccccc3)cc2)cc1)/C(=C/N)NN. The lowest BCUT2D eigenvalue weighted by molar-refractivity contribution is 0.102. The Morgan fingerprint density at radius 1 is 0.903 bits per heavy atom.